The summed E-state index contributed by atoms with van der Waals surface area (Å²) in [5.74, 6) is 1.88. The first-order valence-electron chi connectivity index (χ1n) is 6.70. The van der Waals surface area contributed by atoms with E-state index in [-0.39, 0.29) is 6.04 Å². The first-order chi connectivity index (χ1) is 10.1. The molecule has 1 aromatic heterocycles. The summed E-state index contributed by atoms with van der Waals surface area (Å²) in [6, 6.07) is 11.2. The Hall–Kier alpha value is -2.27. The third-order valence-electron chi connectivity index (χ3n) is 3.08. The van der Waals surface area contributed by atoms with Gasteiger partial charge in [0.15, 0.2) is 11.5 Å². The van der Waals surface area contributed by atoms with Crippen LogP contribution in [0.5, 0.6) is 17.4 Å². The number of nitrogens with two attached hydrogens (primary N) is 1. The minimum absolute atomic E-state index is 0.0481. The number of hydrogen-bond donors (Lipinski definition) is 1. The summed E-state index contributed by atoms with van der Waals surface area (Å²) in [7, 11) is 3.19. The smallest absolute Gasteiger partial charge is 0.213 e. The van der Waals surface area contributed by atoms with E-state index in [4.69, 9.17) is 19.9 Å². The van der Waals surface area contributed by atoms with E-state index in [1.807, 2.05) is 37.3 Å². The number of nitrogens with zero attached hydrogens (tertiary/aromatic N) is 1. The van der Waals surface area contributed by atoms with Gasteiger partial charge in [0, 0.05) is 12.1 Å². The van der Waals surface area contributed by atoms with Gasteiger partial charge < -0.3 is 19.9 Å². The maximum Gasteiger partial charge on any atom is 0.213 e. The van der Waals surface area contributed by atoms with Gasteiger partial charge in [-0.2, -0.15) is 0 Å². The van der Waals surface area contributed by atoms with Crippen LogP contribution in [0.3, 0.4) is 0 Å². The predicted octanol–water partition coefficient (Wildman–Crippen LogP) is 2.70. The molecule has 0 bridgehead atoms. The normalized spacial score (nSPS) is 11.8. The van der Waals surface area contributed by atoms with Crippen molar-refractivity contribution in [2.45, 2.75) is 19.6 Å². The fraction of sp³-hybridized carbons (Fsp3) is 0.312. The topological polar surface area (TPSA) is 66.6 Å². The van der Waals surface area contributed by atoms with Crippen LogP contribution in [0.4, 0.5) is 0 Å². The van der Waals surface area contributed by atoms with Crippen molar-refractivity contribution in [3.8, 4) is 17.4 Å². The van der Waals surface area contributed by atoms with E-state index in [1.54, 1.807) is 20.3 Å². The molecular weight excluding hydrogens is 268 g/mol. The minimum Gasteiger partial charge on any atom is -0.493 e. The molecule has 0 aliphatic carbocycles. The Morgan fingerprint density at radius 1 is 1.10 bits per heavy atom. The van der Waals surface area contributed by atoms with E-state index < -0.39 is 0 Å². The molecule has 0 fully saturated rings. The zero-order valence-corrected chi connectivity index (χ0v) is 12.5. The number of hydrogen-bond acceptors (Lipinski definition) is 5. The van der Waals surface area contributed by atoms with Crippen LogP contribution in [-0.2, 0) is 6.61 Å². The molecule has 5 nitrogen and oxygen atoms in total. The van der Waals surface area contributed by atoms with Crippen LogP contribution in [0.1, 0.15) is 24.2 Å². The monoisotopic (exact) mass is 288 g/mol. The third-order valence-corrected chi connectivity index (χ3v) is 3.08. The molecule has 0 aliphatic heterocycles. The number of pyridine rings is 1. The summed E-state index contributed by atoms with van der Waals surface area (Å²) in [6.45, 7) is 2.26. The second-order valence-electron chi connectivity index (χ2n) is 4.66. The molecule has 2 rings (SSSR count). The van der Waals surface area contributed by atoms with Crippen molar-refractivity contribution < 1.29 is 14.2 Å². The highest BCUT2D eigenvalue weighted by atomic mass is 16.5. The van der Waals surface area contributed by atoms with Crippen molar-refractivity contribution in [2.24, 2.45) is 5.73 Å². The average Bonchev–Trinajstić information content (AvgIpc) is 2.52. The number of ether oxygens (including phenoxy) is 3. The molecule has 0 saturated heterocycles. The molecule has 1 heterocycles. The number of benzene rings is 1. The SMILES string of the molecule is COc1cccc(COc2ccc(C(C)N)cc2OC)n1. The maximum absolute atomic E-state index is 5.86. The molecule has 21 heavy (non-hydrogen) atoms. The first-order valence-corrected chi connectivity index (χ1v) is 6.70. The Balaban J connectivity index is 2.12. The molecule has 0 amide bonds. The van der Waals surface area contributed by atoms with Crippen molar-refractivity contribution in [1.82, 2.24) is 4.98 Å². The number of aromatic nitrogens is 1. The highest BCUT2D eigenvalue weighted by molar-refractivity contribution is 5.43. The zero-order chi connectivity index (χ0) is 15.2. The Labute approximate surface area is 124 Å². The molecule has 1 unspecified atom stereocenters. The van der Waals surface area contributed by atoms with Gasteiger partial charge in [-0.15, -0.1) is 0 Å². The molecule has 0 aliphatic rings. The van der Waals surface area contributed by atoms with Gasteiger partial charge in [-0.3, -0.25) is 0 Å². The molecular formula is C16H20N2O3. The van der Waals surface area contributed by atoms with E-state index in [9.17, 15) is 0 Å². The quantitative estimate of drug-likeness (QED) is 0.885. The highest BCUT2D eigenvalue weighted by Gasteiger charge is 2.09. The Bertz CT molecular complexity index is 600. The molecule has 0 saturated carbocycles. The van der Waals surface area contributed by atoms with Gasteiger partial charge in [-0.1, -0.05) is 12.1 Å². The number of methoxy groups -OCH3 is 2. The summed E-state index contributed by atoms with van der Waals surface area (Å²) in [5, 5.41) is 0. The van der Waals surface area contributed by atoms with Gasteiger partial charge in [0.25, 0.3) is 0 Å². The fourth-order valence-electron chi connectivity index (χ4n) is 1.89. The largest absolute Gasteiger partial charge is 0.493 e. The van der Waals surface area contributed by atoms with Crippen LogP contribution in [0, 0.1) is 0 Å². The van der Waals surface area contributed by atoms with E-state index in [0.717, 1.165) is 11.3 Å². The van der Waals surface area contributed by atoms with Crippen molar-refractivity contribution in [3.05, 3.63) is 47.7 Å². The lowest BCUT2D eigenvalue weighted by atomic mass is 10.1. The van der Waals surface area contributed by atoms with Gasteiger partial charge in [0.05, 0.1) is 19.9 Å². The molecule has 0 radical (unpaired) electrons. The summed E-state index contributed by atoms with van der Waals surface area (Å²) < 4.78 is 16.2. The lowest BCUT2D eigenvalue weighted by Crippen LogP contribution is -2.06. The summed E-state index contributed by atoms with van der Waals surface area (Å²) >= 11 is 0. The lowest BCUT2D eigenvalue weighted by molar-refractivity contribution is 0.278. The zero-order valence-electron chi connectivity index (χ0n) is 12.5. The standard InChI is InChI=1S/C16H20N2O3/c1-11(17)12-7-8-14(15(9-12)19-2)21-10-13-5-4-6-16(18-13)20-3/h4-9,11H,10,17H2,1-3H3. The molecule has 0 spiro atoms. The first kappa shape index (κ1) is 15.1. The predicted molar refractivity (Wildman–Crippen MR) is 80.7 cm³/mol. The summed E-state index contributed by atoms with van der Waals surface area (Å²) in [6.07, 6.45) is 0. The van der Waals surface area contributed by atoms with Crippen LogP contribution in [0.25, 0.3) is 0 Å². The second kappa shape index (κ2) is 6.95. The van der Waals surface area contributed by atoms with E-state index in [1.165, 1.54) is 0 Å². The van der Waals surface area contributed by atoms with Gasteiger partial charge >= 0.3 is 0 Å². The third kappa shape index (κ3) is 3.86. The Morgan fingerprint density at radius 3 is 2.57 bits per heavy atom. The van der Waals surface area contributed by atoms with Gasteiger partial charge in [-0.05, 0) is 30.7 Å². The van der Waals surface area contributed by atoms with E-state index >= 15 is 0 Å². The fourth-order valence-corrected chi connectivity index (χ4v) is 1.89. The van der Waals surface area contributed by atoms with Crippen LogP contribution in [0.2, 0.25) is 0 Å². The Morgan fingerprint density at radius 2 is 1.90 bits per heavy atom. The van der Waals surface area contributed by atoms with Crippen LogP contribution < -0.4 is 19.9 Å². The molecule has 5 heteroatoms. The van der Waals surface area contributed by atoms with E-state index in [0.29, 0.717) is 24.0 Å². The van der Waals surface area contributed by atoms with Crippen molar-refractivity contribution in [1.29, 1.82) is 0 Å². The molecule has 112 valence electrons. The van der Waals surface area contributed by atoms with Crippen LogP contribution >= 0.6 is 0 Å². The Kier molecular flexibility index (Phi) is 5.00. The van der Waals surface area contributed by atoms with Crippen molar-refractivity contribution >= 4 is 0 Å². The van der Waals surface area contributed by atoms with Crippen molar-refractivity contribution in [3.63, 3.8) is 0 Å². The average molecular weight is 288 g/mol. The summed E-state index contributed by atoms with van der Waals surface area (Å²) in [4.78, 5) is 4.30. The molecule has 2 N–H and O–H groups in total. The minimum atomic E-state index is -0.0481. The van der Waals surface area contributed by atoms with Crippen molar-refractivity contribution in [2.75, 3.05) is 14.2 Å². The van der Waals surface area contributed by atoms with Crippen LogP contribution in [0.15, 0.2) is 36.4 Å². The lowest BCUT2D eigenvalue weighted by Gasteiger charge is -2.13. The summed E-state index contributed by atoms with van der Waals surface area (Å²) in [5.41, 5.74) is 7.65. The van der Waals surface area contributed by atoms with Gasteiger partial charge in [0.1, 0.15) is 6.61 Å². The van der Waals surface area contributed by atoms with Gasteiger partial charge in [0.2, 0.25) is 5.88 Å². The van der Waals surface area contributed by atoms with Crippen LogP contribution in [-0.4, -0.2) is 19.2 Å². The maximum atomic E-state index is 5.86. The van der Waals surface area contributed by atoms with E-state index in [2.05, 4.69) is 4.98 Å². The molecule has 1 atom stereocenters. The highest BCUT2D eigenvalue weighted by Crippen LogP contribution is 2.30. The number of rotatable bonds is 6. The molecule has 2 aromatic rings. The second-order valence-corrected chi connectivity index (χ2v) is 4.66. The van der Waals surface area contributed by atoms with Gasteiger partial charge in [-0.25, -0.2) is 4.98 Å². The molecule has 1 aromatic carbocycles.